The standard InChI is InChI=1S/C37H39NO5/c39-37(43-28-33-21-11-4-12-22-33)38-24-14-13-23-35(41-26-31-17-7-2-8-18-31)36(42-27-32-19-9-3-10-20-32)34(38)29-40-25-30-15-5-1-6-16-30/h1-13,15-23,34-36H,14,24-29H2/b23-13-/t34-,35-,36-/m1/s1. The Hall–Kier alpha value is -4.23. The van der Waals surface area contributed by atoms with E-state index in [9.17, 15) is 4.79 Å². The predicted octanol–water partition coefficient (Wildman–Crippen LogP) is 7.34. The quantitative estimate of drug-likeness (QED) is 0.165. The Bertz CT molecular complexity index is 1380. The average molecular weight is 578 g/mol. The van der Waals surface area contributed by atoms with E-state index in [0.717, 1.165) is 22.3 Å². The Labute approximate surface area is 254 Å². The van der Waals surface area contributed by atoms with Crippen LogP contribution in [0.2, 0.25) is 0 Å². The van der Waals surface area contributed by atoms with E-state index in [1.807, 2.05) is 121 Å². The molecule has 0 radical (unpaired) electrons. The summed E-state index contributed by atoms with van der Waals surface area (Å²) in [5, 5.41) is 0. The van der Waals surface area contributed by atoms with Gasteiger partial charge in [-0.2, -0.15) is 0 Å². The molecule has 222 valence electrons. The minimum Gasteiger partial charge on any atom is -0.445 e. The second-order valence-electron chi connectivity index (χ2n) is 10.5. The second kappa shape index (κ2) is 16.4. The number of rotatable bonds is 12. The maximum absolute atomic E-state index is 13.7. The van der Waals surface area contributed by atoms with Crippen LogP contribution in [0.3, 0.4) is 0 Å². The molecule has 0 unspecified atom stereocenters. The summed E-state index contributed by atoms with van der Waals surface area (Å²) in [6, 6.07) is 39.4. The fourth-order valence-electron chi connectivity index (χ4n) is 5.09. The molecule has 0 saturated carbocycles. The molecule has 3 atom stereocenters. The zero-order valence-electron chi connectivity index (χ0n) is 24.4. The van der Waals surface area contributed by atoms with Crippen molar-refractivity contribution >= 4 is 6.09 Å². The maximum atomic E-state index is 13.7. The van der Waals surface area contributed by atoms with Gasteiger partial charge in [0.1, 0.15) is 18.8 Å². The van der Waals surface area contributed by atoms with Crippen LogP contribution in [0.5, 0.6) is 0 Å². The first kappa shape index (κ1) is 30.2. The number of carbonyl (C=O) groups is 1. The third-order valence-corrected chi connectivity index (χ3v) is 7.38. The lowest BCUT2D eigenvalue weighted by atomic mass is 10.0. The third kappa shape index (κ3) is 9.38. The summed E-state index contributed by atoms with van der Waals surface area (Å²) < 4.78 is 25.3. The molecular formula is C37H39NO5. The summed E-state index contributed by atoms with van der Waals surface area (Å²) in [5.74, 6) is 0. The lowest BCUT2D eigenvalue weighted by Crippen LogP contribution is -2.55. The van der Waals surface area contributed by atoms with E-state index in [4.69, 9.17) is 18.9 Å². The maximum Gasteiger partial charge on any atom is 0.410 e. The number of nitrogens with zero attached hydrogens (tertiary/aromatic N) is 1. The Kier molecular flexibility index (Phi) is 11.5. The summed E-state index contributed by atoms with van der Waals surface area (Å²) in [6.45, 7) is 2.12. The average Bonchev–Trinajstić information content (AvgIpc) is 3.06. The molecule has 5 rings (SSSR count). The van der Waals surface area contributed by atoms with Crippen LogP contribution in [0.15, 0.2) is 133 Å². The van der Waals surface area contributed by atoms with Gasteiger partial charge >= 0.3 is 6.09 Å². The van der Waals surface area contributed by atoms with E-state index in [2.05, 4.69) is 12.2 Å². The smallest absolute Gasteiger partial charge is 0.410 e. The Morgan fingerprint density at radius 3 is 1.67 bits per heavy atom. The highest BCUT2D eigenvalue weighted by atomic mass is 16.6. The summed E-state index contributed by atoms with van der Waals surface area (Å²) >= 11 is 0. The Balaban J connectivity index is 1.40. The SMILES string of the molecule is O=C(OCc1ccccc1)N1CC/C=C\[C@@H](OCc2ccccc2)[C@H](OCc2ccccc2)[C@H]1COCc1ccccc1. The molecule has 4 aromatic rings. The van der Waals surface area contributed by atoms with Crippen molar-refractivity contribution in [2.45, 2.75) is 51.1 Å². The van der Waals surface area contributed by atoms with Gasteiger partial charge in [0, 0.05) is 6.54 Å². The molecule has 1 heterocycles. The van der Waals surface area contributed by atoms with E-state index >= 15 is 0 Å². The molecule has 0 saturated heterocycles. The molecule has 0 aromatic heterocycles. The van der Waals surface area contributed by atoms with Crippen LogP contribution in [-0.4, -0.2) is 42.4 Å². The van der Waals surface area contributed by atoms with Crippen LogP contribution in [0.1, 0.15) is 28.7 Å². The van der Waals surface area contributed by atoms with Gasteiger partial charge in [-0.15, -0.1) is 0 Å². The number of ether oxygens (including phenoxy) is 4. The van der Waals surface area contributed by atoms with Crippen molar-refractivity contribution in [3.8, 4) is 0 Å². The third-order valence-electron chi connectivity index (χ3n) is 7.38. The van der Waals surface area contributed by atoms with Gasteiger partial charge in [0.2, 0.25) is 0 Å². The molecule has 0 spiro atoms. The fourth-order valence-corrected chi connectivity index (χ4v) is 5.09. The van der Waals surface area contributed by atoms with E-state index in [0.29, 0.717) is 32.8 Å². The molecule has 0 aliphatic carbocycles. The highest BCUT2D eigenvalue weighted by molar-refractivity contribution is 5.68. The second-order valence-corrected chi connectivity index (χ2v) is 10.5. The van der Waals surface area contributed by atoms with Gasteiger partial charge in [-0.1, -0.05) is 133 Å². The first-order valence-electron chi connectivity index (χ1n) is 14.8. The summed E-state index contributed by atoms with van der Waals surface area (Å²) in [6.07, 6.45) is 3.46. The van der Waals surface area contributed by atoms with Crippen molar-refractivity contribution < 1.29 is 23.7 Å². The molecule has 1 amide bonds. The molecule has 1 aliphatic heterocycles. The highest BCUT2D eigenvalue weighted by Gasteiger charge is 2.38. The Morgan fingerprint density at radius 1 is 0.628 bits per heavy atom. The number of amides is 1. The number of benzene rings is 4. The number of hydrogen-bond acceptors (Lipinski definition) is 5. The molecule has 0 fully saturated rings. The molecule has 6 nitrogen and oxygen atoms in total. The molecule has 43 heavy (non-hydrogen) atoms. The van der Waals surface area contributed by atoms with Crippen LogP contribution in [-0.2, 0) is 45.4 Å². The van der Waals surface area contributed by atoms with Crippen LogP contribution in [0, 0.1) is 0 Å². The lowest BCUT2D eigenvalue weighted by molar-refractivity contribution is -0.115. The molecule has 1 aliphatic rings. The van der Waals surface area contributed by atoms with Crippen LogP contribution < -0.4 is 0 Å². The van der Waals surface area contributed by atoms with Gasteiger partial charge in [-0.25, -0.2) is 4.79 Å². The van der Waals surface area contributed by atoms with E-state index in [1.54, 1.807) is 4.90 Å². The number of hydrogen-bond donors (Lipinski definition) is 0. The van der Waals surface area contributed by atoms with Crippen LogP contribution in [0.4, 0.5) is 4.79 Å². The van der Waals surface area contributed by atoms with Gasteiger partial charge < -0.3 is 18.9 Å². The minimum atomic E-state index is -0.513. The van der Waals surface area contributed by atoms with Crippen molar-refractivity contribution in [1.29, 1.82) is 0 Å². The van der Waals surface area contributed by atoms with Gasteiger partial charge in [-0.05, 0) is 28.7 Å². The summed E-state index contributed by atoms with van der Waals surface area (Å²) in [4.78, 5) is 15.5. The summed E-state index contributed by atoms with van der Waals surface area (Å²) in [7, 11) is 0. The molecule has 0 bridgehead atoms. The molecule has 6 heteroatoms. The van der Waals surface area contributed by atoms with Crippen molar-refractivity contribution in [1.82, 2.24) is 4.90 Å². The molecular weight excluding hydrogens is 538 g/mol. The van der Waals surface area contributed by atoms with Crippen molar-refractivity contribution in [3.05, 3.63) is 156 Å². The lowest BCUT2D eigenvalue weighted by Gasteiger charge is -2.40. The van der Waals surface area contributed by atoms with Crippen molar-refractivity contribution in [2.24, 2.45) is 0 Å². The minimum absolute atomic E-state index is 0.188. The van der Waals surface area contributed by atoms with Gasteiger partial charge in [0.05, 0.1) is 32.5 Å². The monoisotopic (exact) mass is 577 g/mol. The van der Waals surface area contributed by atoms with Crippen molar-refractivity contribution in [3.63, 3.8) is 0 Å². The fraction of sp³-hybridized carbons (Fsp3) is 0.270. The van der Waals surface area contributed by atoms with Crippen LogP contribution in [0.25, 0.3) is 0 Å². The Morgan fingerprint density at radius 2 is 1.12 bits per heavy atom. The topological polar surface area (TPSA) is 57.2 Å². The highest BCUT2D eigenvalue weighted by Crippen LogP contribution is 2.24. The molecule has 4 aromatic carbocycles. The van der Waals surface area contributed by atoms with E-state index in [1.165, 1.54) is 0 Å². The van der Waals surface area contributed by atoms with Crippen LogP contribution >= 0.6 is 0 Å². The number of carbonyl (C=O) groups excluding carboxylic acids is 1. The zero-order valence-corrected chi connectivity index (χ0v) is 24.4. The van der Waals surface area contributed by atoms with Gasteiger partial charge in [0.25, 0.3) is 0 Å². The van der Waals surface area contributed by atoms with E-state index in [-0.39, 0.29) is 13.2 Å². The first-order valence-corrected chi connectivity index (χ1v) is 14.8. The van der Waals surface area contributed by atoms with Gasteiger partial charge in [0.15, 0.2) is 0 Å². The van der Waals surface area contributed by atoms with Crippen molar-refractivity contribution in [2.75, 3.05) is 13.2 Å². The predicted molar refractivity (Wildman–Crippen MR) is 167 cm³/mol. The largest absolute Gasteiger partial charge is 0.445 e. The summed E-state index contributed by atoms with van der Waals surface area (Å²) in [5.41, 5.74) is 4.10. The molecule has 0 N–H and O–H groups in total. The van der Waals surface area contributed by atoms with Gasteiger partial charge in [-0.3, -0.25) is 4.90 Å². The normalized spacial score (nSPS) is 19.3. The zero-order chi connectivity index (χ0) is 29.5. The first-order chi connectivity index (χ1) is 21.3. The van der Waals surface area contributed by atoms with E-state index < -0.39 is 24.3 Å².